The van der Waals surface area contributed by atoms with Gasteiger partial charge < -0.3 is 40.4 Å². The highest BCUT2D eigenvalue weighted by atomic mass is 32.1. The number of benzene rings is 1. The fraction of sp³-hybridized carbons (Fsp3) is 0.514. The van der Waals surface area contributed by atoms with Crippen molar-refractivity contribution in [1.29, 1.82) is 0 Å². The zero-order valence-electron chi connectivity index (χ0n) is 30.0. The average Bonchev–Trinajstić information content (AvgIpc) is 3.75. The van der Waals surface area contributed by atoms with E-state index in [9.17, 15) is 28.8 Å². The summed E-state index contributed by atoms with van der Waals surface area (Å²) in [6.07, 6.45) is 2.47. The smallest absolute Gasteiger partial charge is 0.271 e. The van der Waals surface area contributed by atoms with Crippen LogP contribution in [0.5, 0.6) is 0 Å². The summed E-state index contributed by atoms with van der Waals surface area (Å²) in [5.74, 6) is -2.70. The Labute approximate surface area is 301 Å². The van der Waals surface area contributed by atoms with Crippen molar-refractivity contribution in [3.63, 3.8) is 0 Å². The van der Waals surface area contributed by atoms with Crippen LogP contribution in [-0.2, 0) is 35.1 Å². The first-order valence-corrected chi connectivity index (χ1v) is 17.8. The van der Waals surface area contributed by atoms with Gasteiger partial charge >= 0.3 is 0 Å². The maximum absolute atomic E-state index is 13.9. The molecule has 6 amide bonds. The second-order valence-electron chi connectivity index (χ2n) is 13.2. The van der Waals surface area contributed by atoms with Gasteiger partial charge in [-0.05, 0) is 30.9 Å². The predicted molar refractivity (Wildman–Crippen MR) is 192 cm³/mol. The van der Waals surface area contributed by atoms with E-state index in [0.29, 0.717) is 11.4 Å². The van der Waals surface area contributed by atoms with Crippen LogP contribution >= 0.6 is 11.3 Å². The molecular formula is C35H48N8O7S. The summed E-state index contributed by atoms with van der Waals surface area (Å²) in [5.41, 5.74) is 1.74. The van der Waals surface area contributed by atoms with Crippen LogP contribution in [0.3, 0.4) is 0 Å². The SMILES string of the molecule is COCCC(=O)N1CCN(C)C(=O)[C@H](C)NC(=O)CN(C)C(=O)[C@@H](Cc2c[nH]c3ccccc23)NC(=O)c2csc(n2)[C@H](CC(C)C)NC(=O)C1. The van der Waals surface area contributed by atoms with E-state index >= 15 is 0 Å². The van der Waals surface area contributed by atoms with Crippen LogP contribution in [0.4, 0.5) is 0 Å². The molecule has 1 aromatic carbocycles. The molecule has 4 rings (SSSR count). The van der Waals surface area contributed by atoms with Crippen molar-refractivity contribution in [2.24, 2.45) is 5.92 Å². The highest BCUT2D eigenvalue weighted by Crippen LogP contribution is 2.25. The lowest BCUT2D eigenvalue weighted by atomic mass is 10.0. The molecule has 0 saturated heterocycles. The molecule has 4 N–H and O–H groups in total. The molecule has 0 fully saturated rings. The fourth-order valence-corrected chi connectivity index (χ4v) is 6.73. The number of fused-ring (bicyclic) bond motifs is 3. The van der Waals surface area contributed by atoms with Crippen molar-refractivity contribution < 1.29 is 33.5 Å². The molecule has 15 nitrogen and oxygen atoms in total. The zero-order chi connectivity index (χ0) is 37.2. The standard InChI is InChI=1S/C35H48N8O7S/c1-21(2)15-26-33-40-28(20-51-33)32(47)39-27(16-23-17-36-25-10-8-7-9-24(23)25)35(49)42(5)18-29(44)37-22(3)34(48)41(4)12-13-43(19-30(45)38-26)31(46)11-14-50-6/h7-10,17,20-22,26-27,36H,11-16,18-19H2,1-6H3,(H,37,44)(H,38,45)(H,39,47)/t22-,26-,27+/m0/s1. The van der Waals surface area contributed by atoms with Gasteiger partial charge in [0.1, 0.15) is 22.8 Å². The summed E-state index contributed by atoms with van der Waals surface area (Å²) in [5, 5.41) is 11.4. The van der Waals surface area contributed by atoms with Crippen molar-refractivity contribution in [3.05, 3.63) is 52.1 Å². The number of rotatable bonds is 7. The summed E-state index contributed by atoms with van der Waals surface area (Å²) in [7, 11) is 4.48. The van der Waals surface area contributed by atoms with E-state index in [0.717, 1.165) is 16.5 Å². The first kappa shape index (κ1) is 39.0. The third kappa shape index (κ3) is 10.6. The number of nitrogens with one attached hydrogen (secondary N) is 4. The van der Waals surface area contributed by atoms with Crippen molar-refractivity contribution in [1.82, 2.24) is 40.6 Å². The Bertz CT molecular complexity index is 1720. The number of nitrogens with zero attached hydrogens (tertiary/aromatic N) is 4. The summed E-state index contributed by atoms with van der Waals surface area (Å²) in [6, 6.07) is 5.04. The number of H-pyrrole nitrogens is 1. The molecule has 1 aliphatic heterocycles. The Morgan fingerprint density at radius 2 is 1.69 bits per heavy atom. The van der Waals surface area contributed by atoms with E-state index in [-0.39, 0.29) is 63.1 Å². The minimum absolute atomic E-state index is 0.0435. The number of ether oxygens (including phenoxy) is 1. The minimum atomic E-state index is -1.06. The first-order valence-electron chi connectivity index (χ1n) is 16.9. The van der Waals surface area contributed by atoms with Crippen molar-refractivity contribution >= 4 is 57.7 Å². The number of hydrogen-bond acceptors (Lipinski definition) is 9. The minimum Gasteiger partial charge on any atom is -0.384 e. The Balaban J connectivity index is 1.67. The molecule has 51 heavy (non-hydrogen) atoms. The largest absolute Gasteiger partial charge is 0.384 e. The average molecular weight is 725 g/mol. The number of carbonyl (C=O) groups is 6. The highest BCUT2D eigenvalue weighted by Gasteiger charge is 2.30. The summed E-state index contributed by atoms with van der Waals surface area (Å²) in [6.45, 7) is 5.20. The Hall–Kier alpha value is -4.83. The quantitative estimate of drug-likeness (QED) is 0.282. The molecule has 0 aliphatic carbocycles. The normalized spacial score (nSPS) is 20.6. The van der Waals surface area contributed by atoms with Crippen LogP contribution in [0.15, 0.2) is 35.8 Å². The number of hydrogen-bond donors (Lipinski definition) is 4. The molecule has 1 aliphatic rings. The summed E-state index contributed by atoms with van der Waals surface area (Å²) >= 11 is 1.21. The lowest BCUT2D eigenvalue weighted by Gasteiger charge is -2.28. The predicted octanol–water partition coefficient (Wildman–Crippen LogP) is 1.47. The van der Waals surface area contributed by atoms with E-state index in [1.54, 1.807) is 18.6 Å². The van der Waals surface area contributed by atoms with Gasteiger partial charge in [0.15, 0.2) is 0 Å². The maximum atomic E-state index is 13.9. The van der Waals surface area contributed by atoms with Crippen LogP contribution in [0.1, 0.15) is 60.7 Å². The Morgan fingerprint density at radius 1 is 0.961 bits per heavy atom. The molecule has 3 aromatic rings. The zero-order valence-corrected chi connectivity index (χ0v) is 30.8. The molecule has 3 heterocycles. The second kappa shape index (κ2) is 17.9. The number of aromatic amines is 1. The van der Waals surface area contributed by atoms with Crippen LogP contribution in [0.25, 0.3) is 10.9 Å². The Morgan fingerprint density at radius 3 is 2.41 bits per heavy atom. The van der Waals surface area contributed by atoms with E-state index in [4.69, 9.17) is 4.74 Å². The van der Waals surface area contributed by atoms with Crippen molar-refractivity contribution in [3.8, 4) is 0 Å². The third-order valence-electron chi connectivity index (χ3n) is 8.59. The Kier molecular flexibility index (Phi) is 13.7. The van der Waals surface area contributed by atoms with E-state index in [1.165, 1.54) is 47.1 Å². The number of amides is 6. The molecule has 2 bridgehead atoms. The van der Waals surface area contributed by atoms with E-state index < -0.39 is 47.7 Å². The molecule has 0 radical (unpaired) electrons. The van der Waals surface area contributed by atoms with Gasteiger partial charge in [-0.1, -0.05) is 32.0 Å². The van der Waals surface area contributed by atoms with Gasteiger partial charge in [0.25, 0.3) is 5.91 Å². The highest BCUT2D eigenvalue weighted by molar-refractivity contribution is 7.09. The number of carbonyl (C=O) groups excluding carboxylic acids is 6. The summed E-state index contributed by atoms with van der Waals surface area (Å²) in [4.78, 5) is 92.1. The van der Waals surface area contributed by atoms with Crippen LogP contribution < -0.4 is 16.0 Å². The molecule has 16 heteroatoms. The fourth-order valence-electron chi connectivity index (χ4n) is 5.87. The molecule has 0 saturated carbocycles. The molecule has 2 aromatic heterocycles. The van der Waals surface area contributed by atoms with Gasteiger partial charge in [-0.3, -0.25) is 28.8 Å². The van der Waals surface area contributed by atoms with Gasteiger partial charge in [-0.25, -0.2) is 4.98 Å². The molecule has 0 unspecified atom stereocenters. The second-order valence-corrected chi connectivity index (χ2v) is 14.1. The third-order valence-corrected chi connectivity index (χ3v) is 9.55. The van der Waals surface area contributed by atoms with Gasteiger partial charge in [-0.15, -0.1) is 11.3 Å². The number of para-hydroxylation sites is 1. The van der Waals surface area contributed by atoms with Crippen LogP contribution in [-0.4, -0.2) is 126 Å². The molecular weight excluding hydrogens is 677 g/mol. The lowest BCUT2D eigenvalue weighted by molar-refractivity contribution is -0.139. The van der Waals surface area contributed by atoms with Crippen molar-refractivity contribution in [2.45, 2.75) is 58.2 Å². The first-order chi connectivity index (χ1) is 24.3. The topological polar surface area (TPSA) is 186 Å². The van der Waals surface area contributed by atoms with E-state index in [1.807, 2.05) is 38.1 Å². The van der Waals surface area contributed by atoms with Crippen LogP contribution in [0, 0.1) is 5.92 Å². The molecule has 3 atom stereocenters. The number of thiazole rings is 1. The van der Waals surface area contributed by atoms with Gasteiger partial charge in [0.2, 0.25) is 29.5 Å². The molecule has 276 valence electrons. The number of methoxy groups -OCH3 is 1. The maximum Gasteiger partial charge on any atom is 0.271 e. The summed E-state index contributed by atoms with van der Waals surface area (Å²) < 4.78 is 5.07. The van der Waals surface area contributed by atoms with Crippen molar-refractivity contribution in [2.75, 3.05) is 54.0 Å². The van der Waals surface area contributed by atoms with Gasteiger partial charge in [0.05, 0.1) is 32.2 Å². The lowest BCUT2D eigenvalue weighted by Crippen LogP contribution is -2.53. The van der Waals surface area contributed by atoms with Gasteiger partial charge in [0, 0.05) is 63.2 Å². The molecule has 0 spiro atoms. The number of likely N-dealkylation sites (N-methyl/N-ethyl adjacent to an activating group) is 2. The van der Waals surface area contributed by atoms with E-state index in [2.05, 4.69) is 25.9 Å². The monoisotopic (exact) mass is 724 g/mol. The number of aromatic nitrogens is 2. The van der Waals surface area contributed by atoms with Gasteiger partial charge in [-0.2, -0.15) is 0 Å². The van der Waals surface area contributed by atoms with Crippen LogP contribution in [0.2, 0.25) is 0 Å².